The molecule has 0 spiro atoms. The van der Waals surface area contributed by atoms with Crippen LogP contribution in [-0.2, 0) is 6.61 Å². The molecular formula is C21H17BrClNO3. The van der Waals surface area contributed by atoms with Crippen LogP contribution in [0.3, 0.4) is 0 Å². The Morgan fingerprint density at radius 3 is 2.41 bits per heavy atom. The van der Waals surface area contributed by atoms with Gasteiger partial charge in [-0.15, -0.1) is 0 Å². The van der Waals surface area contributed by atoms with Gasteiger partial charge in [0.1, 0.15) is 18.1 Å². The third-order valence-electron chi connectivity index (χ3n) is 3.85. The van der Waals surface area contributed by atoms with E-state index < -0.39 is 0 Å². The van der Waals surface area contributed by atoms with E-state index in [0.29, 0.717) is 22.1 Å². The lowest BCUT2D eigenvalue weighted by atomic mass is 10.1. The summed E-state index contributed by atoms with van der Waals surface area (Å²) in [5, 5.41) is 3.52. The third kappa shape index (κ3) is 5.25. The van der Waals surface area contributed by atoms with Gasteiger partial charge in [0.25, 0.3) is 5.91 Å². The molecular weight excluding hydrogens is 430 g/mol. The van der Waals surface area contributed by atoms with E-state index in [9.17, 15) is 4.79 Å². The number of rotatable bonds is 6. The average molecular weight is 447 g/mol. The van der Waals surface area contributed by atoms with Gasteiger partial charge < -0.3 is 14.8 Å². The Bertz CT molecular complexity index is 927. The standard InChI is InChI=1S/C21H17BrClNO3/c1-26-20-11-2-14(21(25)24-18-7-3-16(22)4-8-18)12-15(20)13-27-19-9-5-17(23)6-10-19/h2-12H,13H2,1H3,(H,24,25). The highest BCUT2D eigenvalue weighted by atomic mass is 79.9. The van der Waals surface area contributed by atoms with Crippen molar-refractivity contribution >= 4 is 39.1 Å². The van der Waals surface area contributed by atoms with E-state index in [1.54, 1.807) is 49.6 Å². The number of ether oxygens (including phenoxy) is 2. The number of carbonyl (C=O) groups is 1. The molecule has 0 unspecified atom stereocenters. The molecule has 1 amide bonds. The quantitative estimate of drug-likeness (QED) is 0.509. The Morgan fingerprint density at radius 1 is 1.04 bits per heavy atom. The van der Waals surface area contributed by atoms with Gasteiger partial charge in [-0.25, -0.2) is 0 Å². The molecule has 0 aromatic heterocycles. The zero-order chi connectivity index (χ0) is 19.2. The molecule has 0 atom stereocenters. The summed E-state index contributed by atoms with van der Waals surface area (Å²) in [6.45, 7) is 0.268. The molecule has 3 aromatic carbocycles. The van der Waals surface area contributed by atoms with Crippen molar-refractivity contribution in [3.05, 3.63) is 87.4 Å². The van der Waals surface area contributed by atoms with Crippen molar-refractivity contribution in [2.45, 2.75) is 6.61 Å². The largest absolute Gasteiger partial charge is 0.496 e. The van der Waals surface area contributed by atoms with Gasteiger partial charge in [0.15, 0.2) is 0 Å². The fourth-order valence-electron chi connectivity index (χ4n) is 2.46. The lowest BCUT2D eigenvalue weighted by Crippen LogP contribution is -2.12. The number of methoxy groups -OCH3 is 1. The maximum Gasteiger partial charge on any atom is 0.255 e. The van der Waals surface area contributed by atoms with Crippen LogP contribution in [0.15, 0.2) is 71.2 Å². The molecule has 0 heterocycles. The first kappa shape index (κ1) is 19.3. The van der Waals surface area contributed by atoms with Crippen LogP contribution in [0.4, 0.5) is 5.69 Å². The van der Waals surface area contributed by atoms with Crippen molar-refractivity contribution in [3.63, 3.8) is 0 Å². The van der Waals surface area contributed by atoms with Gasteiger partial charge in [-0.3, -0.25) is 4.79 Å². The van der Waals surface area contributed by atoms with E-state index in [2.05, 4.69) is 21.2 Å². The number of nitrogens with one attached hydrogen (secondary N) is 1. The average Bonchev–Trinajstić information content (AvgIpc) is 2.69. The van der Waals surface area contributed by atoms with Crippen LogP contribution in [-0.4, -0.2) is 13.0 Å². The second kappa shape index (κ2) is 8.93. The van der Waals surface area contributed by atoms with Gasteiger partial charge in [-0.2, -0.15) is 0 Å². The molecule has 0 aliphatic heterocycles. The number of anilines is 1. The molecule has 6 heteroatoms. The van der Waals surface area contributed by atoms with Crippen LogP contribution in [0.2, 0.25) is 5.02 Å². The van der Waals surface area contributed by atoms with Crippen molar-refractivity contribution in [1.29, 1.82) is 0 Å². The molecule has 0 aliphatic carbocycles. The lowest BCUT2D eigenvalue weighted by molar-refractivity contribution is 0.102. The van der Waals surface area contributed by atoms with Crippen LogP contribution < -0.4 is 14.8 Å². The molecule has 0 fully saturated rings. The highest BCUT2D eigenvalue weighted by Gasteiger charge is 2.11. The minimum absolute atomic E-state index is 0.201. The third-order valence-corrected chi connectivity index (χ3v) is 4.63. The first-order valence-corrected chi connectivity index (χ1v) is 9.34. The van der Waals surface area contributed by atoms with Crippen molar-refractivity contribution in [2.24, 2.45) is 0 Å². The molecule has 3 aromatic rings. The van der Waals surface area contributed by atoms with E-state index >= 15 is 0 Å². The number of amides is 1. The molecule has 0 bridgehead atoms. The van der Waals surface area contributed by atoms with Crippen molar-refractivity contribution < 1.29 is 14.3 Å². The minimum Gasteiger partial charge on any atom is -0.496 e. The molecule has 27 heavy (non-hydrogen) atoms. The van der Waals surface area contributed by atoms with Gasteiger partial charge in [0.05, 0.1) is 7.11 Å². The summed E-state index contributed by atoms with van der Waals surface area (Å²) in [7, 11) is 1.59. The zero-order valence-electron chi connectivity index (χ0n) is 14.5. The number of halogens is 2. The summed E-state index contributed by atoms with van der Waals surface area (Å²) >= 11 is 9.26. The normalized spacial score (nSPS) is 10.3. The van der Waals surface area contributed by atoms with Crippen molar-refractivity contribution in [1.82, 2.24) is 0 Å². The van der Waals surface area contributed by atoms with E-state index in [0.717, 1.165) is 15.7 Å². The van der Waals surface area contributed by atoms with Crippen molar-refractivity contribution in [3.8, 4) is 11.5 Å². The van der Waals surface area contributed by atoms with Crippen LogP contribution in [0.1, 0.15) is 15.9 Å². The predicted octanol–water partition coefficient (Wildman–Crippen LogP) is 5.94. The molecule has 0 aliphatic rings. The van der Waals surface area contributed by atoms with E-state index in [1.165, 1.54) is 0 Å². The van der Waals surface area contributed by atoms with Gasteiger partial charge in [0.2, 0.25) is 0 Å². The summed E-state index contributed by atoms with van der Waals surface area (Å²) in [5.41, 5.74) is 2.02. The molecule has 0 radical (unpaired) electrons. The Hall–Kier alpha value is -2.50. The first-order chi connectivity index (χ1) is 13.0. The second-order valence-corrected chi connectivity index (χ2v) is 7.08. The summed E-state index contributed by atoms with van der Waals surface area (Å²) in [4.78, 5) is 12.5. The Balaban J connectivity index is 1.74. The molecule has 4 nitrogen and oxygen atoms in total. The molecule has 0 saturated heterocycles. The number of hydrogen-bond donors (Lipinski definition) is 1. The predicted molar refractivity (Wildman–Crippen MR) is 111 cm³/mol. The summed E-state index contributed by atoms with van der Waals surface area (Å²) < 4.78 is 12.1. The molecule has 0 saturated carbocycles. The maximum absolute atomic E-state index is 12.5. The van der Waals surface area contributed by atoms with Crippen LogP contribution in [0, 0.1) is 0 Å². The minimum atomic E-state index is -0.201. The van der Waals surface area contributed by atoms with Gasteiger partial charge in [-0.1, -0.05) is 27.5 Å². The second-order valence-electron chi connectivity index (χ2n) is 5.73. The molecule has 138 valence electrons. The highest BCUT2D eigenvalue weighted by Crippen LogP contribution is 2.24. The van der Waals surface area contributed by atoms with E-state index in [4.69, 9.17) is 21.1 Å². The van der Waals surface area contributed by atoms with E-state index in [-0.39, 0.29) is 12.5 Å². The van der Waals surface area contributed by atoms with Gasteiger partial charge >= 0.3 is 0 Å². The van der Waals surface area contributed by atoms with Crippen LogP contribution >= 0.6 is 27.5 Å². The van der Waals surface area contributed by atoms with Gasteiger partial charge in [0, 0.05) is 26.3 Å². The monoisotopic (exact) mass is 445 g/mol. The highest BCUT2D eigenvalue weighted by molar-refractivity contribution is 9.10. The summed E-state index contributed by atoms with van der Waals surface area (Å²) in [6, 6.07) is 19.7. The number of hydrogen-bond acceptors (Lipinski definition) is 3. The fourth-order valence-corrected chi connectivity index (χ4v) is 2.85. The number of carbonyl (C=O) groups excluding carboxylic acids is 1. The summed E-state index contributed by atoms with van der Waals surface area (Å²) in [5.74, 6) is 1.14. The van der Waals surface area contributed by atoms with Gasteiger partial charge in [-0.05, 0) is 66.7 Å². The molecule has 3 rings (SSSR count). The SMILES string of the molecule is COc1ccc(C(=O)Nc2ccc(Br)cc2)cc1COc1ccc(Cl)cc1. The molecule has 1 N–H and O–H groups in total. The fraction of sp³-hybridized carbons (Fsp3) is 0.0952. The van der Waals surface area contributed by atoms with Crippen LogP contribution in [0.25, 0.3) is 0 Å². The van der Waals surface area contributed by atoms with Crippen LogP contribution in [0.5, 0.6) is 11.5 Å². The first-order valence-electron chi connectivity index (χ1n) is 8.17. The Labute approximate surface area is 171 Å². The zero-order valence-corrected chi connectivity index (χ0v) is 16.9. The van der Waals surface area contributed by atoms with E-state index in [1.807, 2.05) is 24.3 Å². The summed E-state index contributed by atoms with van der Waals surface area (Å²) in [6.07, 6.45) is 0. The smallest absolute Gasteiger partial charge is 0.255 e. The maximum atomic E-state index is 12.5. The number of benzene rings is 3. The Kier molecular flexibility index (Phi) is 6.37. The lowest BCUT2D eigenvalue weighted by Gasteiger charge is -2.12. The van der Waals surface area contributed by atoms with Crippen molar-refractivity contribution in [2.75, 3.05) is 12.4 Å². The Morgan fingerprint density at radius 2 is 1.74 bits per heavy atom. The topological polar surface area (TPSA) is 47.6 Å².